The van der Waals surface area contributed by atoms with Crippen molar-refractivity contribution in [3.8, 4) is 0 Å². The van der Waals surface area contributed by atoms with Gasteiger partial charge < -0.3 is 10.2 Å². The fraction of sp³-hybridized carbons (Fsp3) is 0. The van der Waals surface area contributed by atoms with Gasteiger partial charge in [0.15, 0.2) is 0 Å². The molecule has 2 rings (SSSR count). The second kappa shape index (κ2) is 4.89. The van der Waals surface area contributed by atoms with Gasteiger partial charge in [0, 0.05) is 15.9 Å². The van der Waals surface area contributed by atoms with E-state index < -0.39 is 22.5 Å². The molecule has 8 heteroatoms. The Labute approximate surface area is 119 Å². The molecule has 20 heavy (non-hydrogen) atoms. The summed E-state index contributed by atoms with van der Waals surface area (Å²) in [4.78, 5) is 32.7. The molecule has 0 radical (unpaired) electrons. The molecule has 0 spiro atoms. The third kappa shape index (κ3) is 2.10. The van der Waals surface area contributed by atoms with Crippen LogP contribution < -0.4 is 0 Å². The van der Waals surface area contributed by atoms with E-state index in [1.165, 1.54) is 6.07 Å². The Kier molecular flexibility index (Phi) is 3.41. The first kappa shape index (κ1) is 13.9. The predicted octanol–water partition coefficient (Wildman–Crippen LogP) is 2.91. The Bertz CT molecular complexity index is 750. The number of carboxylic acids is 2. The van der Waals surface area contributed by atoms with E-state index in [4.69, 9.17) is 10.2 Å². The number of benzene rings is 2. The number of halogens is 1. The number of hydrogen-bond donors (Lipinski definition) is 2. The number of non-ortho nitro benzene ring substituents is 1. The number of nitrogens with zero attached hydrogens (tertiary/aromatic N) is 1. The topological polar surface area (TPSA) is 118 Å². The van der Waals surface area contributed by atoms with Crippen molar-refractivity contribution in [2.45, 2.75) is 0 Å². The fourth-order valence-corrected chi connectivity index (χ4v) is 2.49. The molecule has 7 nitrogen and oxygen atoms in total. The van der Waals surface area contributed by atoms with Gasteiger partial charge in [0.25, 0.3) is 5.69 Å². The normalized spacial score (nSPS) is 10.4. The van der Waals surface area contributed by atoms with Crippen molar-refractivity contribution < 1.29 is 24.7 Å². The number of hydrogen-bond acceptors (Lipinski definition) is 4. The quantitative estimate of drug-likeness (QED) is 0.655. The first-order chi connectivity index (χ1) is 9.34. The maximum atomic E-state index is 11.2. The molecule has 2 aromatic carbocycles. The number of nitro groups is 1. The minimum absolute atomic E-state index is 0.00778. The summed E-state index contributed by atoms with van der Waals surface area (Å²) in [5, 5.41) is 29.1. The highest BCUT2D eigenvalue weighted by Gasteiger charge is 2.24. The molecule has 0 aliphatic carbocycles. The van der Waals surface area contributed by atoms with Crippen LogP contribution in [0.5, 0.6) is 0 Å². The highest BCUT2D eigenvalue weighted by Crippen LogP contribution is 2.36. The first-order valence-electron chi connectivity index (χ1n) is 5.20. The lowest BCUT2D eigenvalue weighted by Gasteiger charge is -2.08. The zero-order valence-electron chi connectivity index (χ0n) is 9.66. The van der Waals surface area contributed by atoms with E-state index in [0.717, 1.165) is 18.2 Å². The minimum Gasteiger partial charge on any atom is -0.478 e. The standard InChI is InChI=1S/C12H6BrNO6/c13-7-3-4-8(14(19)20)10-6(12(17)18)2-1-5(9(7)10)11(15)16/h1-4H,(H,15,16)(H,17,18). The molecule has 0 bridgehead atoms. The van der Waals surface area contributed by atoms with Crippen molar-refractivity contribution in [2.24, 2.45) is 0 Å². The Morgan fingerprint density at radius 3 is 1.95 bits per heavy atom. The molecule has 0 heterocycles. The summed E-state index contributed by atoms with van der Waals surface area (Å²) in [6.45, 7) is 0. The van der Waals surface area contributed by atoms with Crippen LogP contribution in [0.3, 0.4) is 0 Å². The Morgan fingerprint density at radius 1 is 1.00 bits per heavy atom. The molecule has 0 unspecified atom stereocenters. The SMILES string of the molecule is O=C(O)c1ccc(C(=O)O)c2c([N+](=O)[O-])ccc(Br)c12. The van der Waals surface area contributed by atoms with Crippen LogP contribution in [0.25, 0.3) is 10.8 Å². The van der Waals surface area contributed by atoms with Gasteiger partial charge in [-0.25, -0.2) is 9.59 Å². The lowest BCUT2D eigenvalue weighted by atomic mass is 9.98. The Balaban J connectivity index is 3.10. The molecule has 0 saturated heterocycles. The van der Waals surface area contributed by atoms with Gasteiger partial charge in [-0.15, -0.1) is 0 Å². The van der Waals surface area contributed by atoms with E-state index in [2.05, 4.69) is 15.9 Å². The second-order valence-corrected chi connectivity index (χ2v) is 4.70. The van der Waals surface area contributed by atoms with E-state index in [9.17, 15) is 19.7 Å². The number of rotatable bonds is 3. The van der Waals surface area contributed by atoms with Gasteiger partial charge in [0.05, 0.1) is 21.4 Å². The van der Waals surface area contributed by atoms with Crippen LogP contribution in [-0.2, 0) is 0 Å². The average molecular weight is 340 g/mol. The van der Waals surface area contributed by atoms with Crippen LogP contribution >= 0.6 is 15.9 Å². The predicted molar refractivity (Wildman–Crippen MR) is 72.2 cm³/mol. The van der Waals surface area contributed by atoms with Gasteiger partial charge in [-0.2, -0.15) is 0 Å². The zero-order chi connectivity index (χ0) is 15.0. The van der Waals surface area contributed by atoms with E-state index >= 15 is 0 Å². The van der Waals surface area contributed by atoms with Crippen molar-refractivity contribution in [3.63, 3.8) is 0 Å². The van der Waals surface area contributed by atoms with E-state index in [-0.39, 0.29) is 26.4 Å². The average Bonchev–Trinajstić information content (AvgIpc) is 2.37. The van der Waals surface area contributed by atoms with Crippen molar-refractivity contribution in [1.29, 1.82) is 0 Å². The summed E-state index contributed by atoms with van der Waals surface area (Å²) < 4.78 is 0.276. The maximum absolute atomic E-state index is 11.2. The number of fused-ring (bicyclic) bond motifs is 1. The number of aromatic carboxylic acids is 2. The molecule has 2 N–H and O–H groups in total. The second-order valence-electron chi connectivity index (χ2n) is 3.84. The van der Waals surface area contributed by atoms with Crippen LogP contribution in [0.15, 0.2) is 28.7 Å². The Morgan fingerprint density at radius 2 is 1.50 bits per heavy atom. The molecular formula is C12H6BrNO6. The van der Waals surface area contributed by atoms with E-state index in [1.807, 2.05) is 0 Å². The minimum atomic E-state index is -1.37. The molecule has 0 aliphatic rings. The molecule has 2 aromatic rings. The summed E-state index contributed by atoms with van der Waals surface area (Å²) in [5.74, 6) is -2.67. The maximum Gasteiger partial charge on any atom is 0.336 e. The molecule has 0 aliphatic heterocycles. The third-order valence-corrected chi connectivity index (χ3v) is 3.41. The first-order valence-corrected chi connectivity index (χ1v) is 6.00. The van der Waals surface area contributed by atoms with Crippen LogP contribution in [0.4, 0.5) is 5.69 Å². The van der Waals surface area contributed by atoms with Crippen LogP contribution in [-0.4, -0.2) is 27.1 Å². The van der Waals surface area contributed by atoms with Gasteiger partial charge >= 0.3 is 11.9 Å². The number of nitro benzene ring substituents is 1. The summed E-state index contributed by atoms with van der Waals surface area (Å²) in [6, 6.07) is 4.61. The Hall–Kier alpha value is -2.48. The molecular weight excluding hydrogens is 334 g/mol. The number of carboxylic acid groups (broad SMARTS) is 2. The highest BCUT2D eigenvalue weighted by atomic mass is 79.9. The van der Waals surface area contributed by atoms with Gasteiger partial charge in [-0.1, -0.05) is 15.9 Å². The summed E-state index contributed by atoms with van der Waals surface area (Å²) in [7, 11) is 0. The van der Waals surface area contributed by atoms with Crippen molar-refractivity contribution >= 4 is 44.3 Å². The summed E-state index contributed by atoms with van der Waals surface area (Å²) in [6.07, 6.45) is 0. The third-order valence-electron chi connectivity index (χ3n) is 2.75. The van der Waals surface area contributed by atoms with Crippen molar-refractivity contribution in [3.05, 3.63) is 50.0 Å². The lowest BCUT2D eigenvalue weighted by molar-refractivity contribution is -0.383. The van der Waals surface area contributed by atoms with Gasteiger partial charge in [0.2, 0.25) is 0 Å². The van der Waals surface area contributed by atoms with Crippen molar-refractivity contribution in [2.75, 3.05) is 0 Å². The molecule has 0 atom stereocenters. The molecule has 0 amide bonds. The van der Waals surface area contributed by atoms with Crippen LogP contribution in [0.2, 0.25) is 0 Å². The largest absolute Gasteiger partial charge is 0.478 e. The molecule has 102 valence electrons. The summed E-state index contributed by atoms with van der Waals surface area (Å²) >= 11 is 3.10. The monoisotopic (exact) mass is 339 g/mol. The van der Waals surface area contributed by atoms with E-state index in [1.54, 1.807) is 0 Å². The van der Waals surface area contributed by atoms with Gasteiger partial charge in [-0.05, 0) is 18.2 Å². The van der Waals surface area contributed by atoms with E-state index in [0.29, 0.717) is 0 Å². The van der Waals surface area contributed by atoms with Gasteiger partial charge in [0.1, 0.15) is 0 Å². The van der Waals surface area contributed by atoms with Crippen molar-refractivity contribution in [1.82, 2.24) is 0 Å². The number of carbonyl (C=O) groups is 2. The molecule has 0 saturated carbocycles. The molecule has 0 fully saturated rings. The van der Waals surface area contributed by atoms with Crippen LogP contribution in [0.1, 0.15) is 20.7 Å². The molecule has 0 aromatic heterocycles. The lowest BCUT2D eigenvalue weighted by Crippen LogP contribution is -2.05. The highest BCUT2D eigenvalue weighted by molar-refractivity contribution is 9.10. The summed E-state index contributed by atoms with van der Waals surface area (Å²) in [5.41, 5.74) is -0.984. The fourth-order valence-electron chi connectivity index (χ4n) is 1.94. The smallest absolute Gasteiger partial charge is 0.336 e. The zero-order valence-corrected chi connectivity index (χ0v) is 11.2. The van der Waals surface area contributed by atoms with Gasteiger partial charge in [-0.3, -0.25) is 10.1 Å². The van der Waals surface area contributed by atoms with Crippen LogP contribution in [0, 0.1) is 10.1 Å².